The van der Waals surface area contributed by atoms with Crippen LogP contribution in [0.15, 0.2) is 24.3 Å². The first kappa shape index (κ1) is 12.1. The summed E-state index contributed by atoms with van der Waals surface area (Å²) in [5.74, 6) is 2.80. The average molecular weight is 228 g/mol. The van der Waals surface area contributed by atoms with E-state index in [1.807, 2.05) is 5.92 Å². The molecule has 0 aliphatic heterocycles. The lowest BCUT2D eigenvalue weighted by atomic mass is 10.1. The van der Waals surface area contributed by atoms with Crippen LogP contribution in [0.2, 0.25) is 0 Å². The molecule has 0 aromatic heterocycles. The monoisotopic (exact) mass is 228 g/mol. The number of carboxylic acids is 1. The van der Waals surface area contributed by atoms with Gasteiger partial charge in [0.05, 0.1) is 5.56 Å². The van der Waals surface area contributed by atoms with Crippen LogP contribution >= 0.6 is 0 Å². The Kier molecular flexibility index (Phi) is 3.56. The van der Waals surface area contributed by atoms with Gasteiger partial charge in [-0.1, -0.05) is 24.1 Å². The first-order valence-electron chi connectivity index (χ1n) is 4.27. The Morgan fingerprint density at radius 2 is 2.06 bits per heavy atom. The minimum atomic E-state index is -4.39. The summed E-state index contributed by atoms with van der Waals surface area (Å²) in [5, 5.41) is 8.22. The summed E-state index contributed by atoms with van der Waals surface area (Å²) in [6.07, 6.45) is -4.41. The molecule has 1 aromatic rings. The van der Waals surface area contributed by atoms with Gasteiger partial charge in [-0.2, -0.15) is 13.2 Å². The zero-order chi connectivity index (χ0) is 12.2. The maximum atomic E-state index is 12.3. The van der Waals surface area contributed by atoms with Crippen LogP contribution in [0.3, 0.4) is 0 Å². The summed E-state index contributed by atoms with van der Waals surface area (Å²) in [5.41, 5.74) is -0.425. The number of carboxylic acid groups (broad SMARTS) is 1. The highest BCUT2D eigenvalue weighted by atomic mass is 19.4. The van der Waals surface area contributed by atoms with Gasteiger partial charge in [0.15, 0.2) is 0 Å². The number of hydrogen-bond acceptors (Lipinski definition) is 1. The number of halogens is 3. The van der Waals surface area contributed by atoms with Gasteiger partial charge < -0.3 is 5.11 Å². The number of hydrogen-bond donors (Lipinski definition) is 1. The molecular formula is C11H7F3O2. The van der Waals surface area contributed by atoms with Crippen molar-refractivity contribution in [1.82, 2.24) is 0 Å². The third-order valence-corrected chi connectivity index (χ3v) is 1.74. The molecule has 0 heterocycles. The molecule has 16 heavy (non-hydrogen) atoms. The van der Waals surface area contributed by atoms with Crippen molar-refractivity contribution in [3.63, 3.8) is 0 Å². The Morgan fingerprint density at radius 3 is 2.62 bits per heavy atom. The molecule has 0 amide bonds. The number of carbonyl (C=O) groups is 1. The van der Waals surface area contributed by atoms with Crippen molar-refractivity contribution in [3.8, 4) is 11.8 Å². The third kappa shape index (κ3) is 3.65. The highest BCUT2D eigenvalue weighted by molar-refractivity contribution is 5.86. The predicted octanol–water partition coefficient (Wildman–Crippen LogP) is 2.34. The largest absolute Gasteiger partial charge is 0.472 e. The quantitative estimate of drug-likeness (QED) is 0.749. The summed E-state index contributed by atoms with van der Waals surface area (Å²) < 4.78 is 36.9. The second-order valence-corrected chi connectivity index (χ2v) is 2.98. The van der Waals surface area contributed by atoms with Crippen LogP contribution in [-0.2, 0) is 17.4 Å². The van der Waals surface area contributed by atoms with Gasteiger partial charge in [-0.15, -0.1) is 0 Å². The van der Waals surface area contributed by atoms with Crippen LogP contribution in [-0.4, -0.2) is 11.1 Å². The molecule has 0 saturated carbocycles. The highest BCUT2D eigenvalue weighted by Gasteiger charge is 2.30. The van der Waals surface area contributed by atoms with Gasteiger partial charge in [0, 0.05) is 12.3 Å². The molecule has 0 aliphatic rings. The maximum Gasteiger partial charge on any atom is 0.416 e. The van der Waals surface area contributed by atoms with E-state index < -0.39 is 17.7 Å². The molecule has 5 heteroatoms. The summed E-state index contributed by atoms with van der Waals surface area (Å²) in [6.45, 7) is 0. The minimum absolute atomic E-state index is 0.0176. The van der Waals surface area contributed by atoms with Gasteiger partial charge in [0.25, 0.3) is 0 Å². The predicted molar refractivity (Wildman–Crippen MR) is 50.6 cm³/mol. The molecular weight excluding hydrogens is 221 g/mol. The molecule has 0 radical (unpaired) electrons. The van der Waals surface area contributed by atoms with Crippen LogP contribution < -0.4 is 0 Å². The fourth-order valence-corrected chi connectivity index (χ4v) is 1.08. The smallest absolute Gasteiger partial charge is 0.416 e. The second kappa shape index (κ2) is 4.71. The van der Waals surface area contributed by atoms with Crippen molar-refractivity contribution < 1.29 is 23.1 Å². The second-order valence-electron chi connectivity index (χ2n) is 2.98. The fourth-order valence-electron chi connectivity index (χ4n) is 1.08. The number of rotatable bonds is 1. The highest BCUT2D eigenvalue weighted by Crippen LogP contribution is 2.29. The van der Waals surface area contributed by atoms with Gasteiger partial charge in [-0.25, -0.2) is 4.79 Å². The number of aliphatic carboxylic acids is 1. The van der Waals surface area contributed by atoms with Crippen LogP contribution in [0, 0.1) is 11.8 Å². The topological polar surface area (TPSA) is 37.3 Å². The van der Waals surface area contributed by atoms with Gasteiger partial charge in [-0.3, -0.25) is 0 Å². The number of alkyl halides is 3. The van der Waals surface area contributed by atoms with E-state index in [0.717, 1.165) is 12.1 Å². The van der Waals surface area contributed by atoms with E-state index in [2.05, 4.69) is 5.92 Å². The maximum absolute atomic E-state index is 12.3. The van der Waals surface area contributed by atoms with E-state index in [1.54, 1.807) is 0 Å². The number of benzene rings is 1. The molecule has 2 nitrogen and oxygen atoms in total. The average Bonchev–Trinajstić information content (AvgIpc) is 2.16. The zero-order valence-electron chi connectivity index (χ0n) is 8.01. The molecule has 1 aromatic carbocycles. The summed E-state index contributed by atoms with van der Waals surface area (Å²) in [4.78, 5) is 10.1. The molecule has 0 unspecified atom stereocenters. The standard InChI is InChI=1S/C11H7F3O2/c12-11(13,14)9-5-1-3-8(7-9)4-2-6-10(15)16/h1,3,5,7H,4H2,(H,15,16). The van der Waals surface area contributed by atoms with Gasteiger partial charge in [0.1, 0.15) is 0 Å². The normalized spacial score (nSPS) is 10.4. The van der Waals surface area contributed by atoms with E-state index >= 15 is 0 Å². The van der Waals surface area contributed by atoms with Crippen molar-refractivity contribution in [1.29, 1.82) is 0 Å². The van der Waals surface area contributed by atoms with E-state index in [-0.39, 0.29) is 6.42 Å². The summed E-state index contributed by atoms with van der Waals surface area (Å²) >= 11 is 0. The molecule has 0 atom stereocenters. The zero-order valence-corrected chi connectivity index (χ0v) is 8.01. The van der Waals surface area contributed by atoms with Crippen molar-refractivity contribution in [2.45, 2.75) is 12.6 Å². The van der Waals surface area contributed by atoms with Gasteiger partial charge in [-0.05, 0) is 11.6 Å². The molecule has 1 rings (SSSR count). The minimum Gasteiger partial charge on any atom is -0.472 e. The van der Waals surface area contributed by atoms with E-state index in [4.69, 9.17) is 5.11 Å². The molecule has 0 saturated heterocycles. The van der Waals surface area contributed by atoms with Crippen molar-refractivity contribution in [3.05, 3.63) is 35.4 Å². The Balaban J connectivity index is 2.85. The first-order chi connectivity index (χ1) is 7.39. The van der Waals surface area contributed by atoms with Gasteiger partial charge >= 0.3 is 12.1 Å². The van der Waals surface area contributed by atoms with Gasteiger partial charge in [0.2, 0.25) is 0 Å². The summed E-state index contributed by atoms with van der Waals surface area (Å²) in [7, 11) is 0. The Hall–Kier alpha value is -1.96. The van der Waals surface area contributed by atoms with Crippen molar-refractivity contribution >= 4 is 5.97 Å². The van der Waals surface area contributed by atoms with Crippen LogP contribution in [0.25, 0.3) is 0 Å². The fraction of sp³-hybridized carbons (Fsp3) is 0.182. The lowest BCUT2D eigenvalue weighted by molar-refractivity contribution is -0.137. The Bertz CT molecular complexity index is 452. The lowest BCUT2D eigenvalue weighted by Crippen LogP contribution is -2.05. The van der Waals surface area contributed by atoms with Crippen molar-refractivity contribution in [2.75, 3.05) is 0 Å². The van der Waals surface area contributed by atoms with Crippen LogP contribution in [0.5, 0.6) is 0 Å². The third-order valence-electron chi connectivity index (χ3n) is 1.74. The summed E-state index contributed by atoms with van der Waals surface area (Å²) in [6, 6.07) is 4.64. The molecule has 0 spiro atoms. The molecule has 1 N–H and O–H groups in total. The van der Waals surface area contributed by atoms with Crippen molar-refractivity contribution in [2.24, 2.45) is 0 Å². The van der Waals surface area contributed by atoms with E-state index in [1.165, 1.54) is 12.1 Å². The molecule has 84 valence electrons. The molecule has 0 aliphatic carbocycles. The molecule has 0 bridgehead atoms. The van der Waals surface area contributed by atoms with Crippen LogP contribution in [0.4, 0.5) is 13.2 Å². The lowest BCUT2D eigenvalue weighted by Gasteiger charge is -2.06. The first-order valence-corrected chi connectivity index (χ1v) is 4.27. The molecule has 0 fully saturated rings. The Labute approximate surface area is 89.7 Å². The van der Waals surface area contributed by atoms with Crippen LogP contribution in [0.1, 0.15) is 11.1 Å². The van der Waals surface area contributed by atoms with E-state index in [9.17, 15) is 18.0 Å². The Morgan fingerprint density at radius 1 is 1.38 bits per heavy atom. The van der Waals surface area contributed by atoms with E-state index in [0.29, 0.717) is 5.56 Å². The SMILES string of the molecule is O=C(O)C#CCc1cccc(C(F)(F)F)c1.